The lowest BCUT2D eigenvalue weighted by molar-refractivity contribution is -0.146. The minimum Gasteiger partial charge on any atom is -0.507 e. The van der Waals surface area contributed by atoms with E-state index in [4.69, 9.17) is 0 Å². The zero-order chi connectivity index (χ0) is 14.8. The van der Waals surface area contributed by atoms with Crippen LogP contribution in [0.4, 0.5) is 0 Å². The van der Waals surface area contributed by atoms with Crippen molar-refractivity contribution in [2.45, 2.75) is 17.7 Å². The van der Waals surface area contributed by atoms with E-state index < -0.39 is 10.0 Å². The molecule has 0 aromatic heterocycles. The average Bonchev–Trinajstić information content (AvgIpc) is 2.47. The number of phenols is 1. The predicted octanol–water partition coefficient (Wildman–Crippen LogP) is 0.966. The molecule has 20 heavy (non-hydrogen) atoms. The Kier molecular flexibility index (Phi) is 4.29. The van der Waals surface area contributed by atoms with Crippen LogP contribution in [0.15, 0.2) is 29.2 Å². The molecule has 7 heteroatoms. The quantitative estimate of drug-likeness (QED) is 0.841. The van der Waals surface area contributed by atoms with Crippen LogP contribution in [0.25, 0.3) is 0 Å². The zero-order valence-electron chi connectivity index (χ0n) is 11.2. The molecule has 0 atom stereocenters. The molecule has 0 unspecified atom stereocenters. The summed E-state index contributed by atoms with van der Waals surface area (Å²) in [6.07, 6.45) is 0.860. The summed E-state index contributed by atoms with van der Waals surface area (Å²) in [4.78, 5) is 11.3. The summed E-state index contributed by atoms with van der Waals surface area (Å²) in [6, 6.07) is 5.84. The van der Waals surface area contributed by atoms with E-state index >= 15 is 0 Å². The number of esters is 1. The van der Waals surface area contributed by atoms with Gasteiger partial charge in [0.25, 0.3) is 0 Å². The van der Waals surface area contributed by atoms with E-state index in [1.54, 1.807) is 12.1 Å². The highest BCUT2D eigenvalue weighted by Gasteiger charge is 2.33. The molecule has 2 rings (SSSR count). The second-order valence-corrected chi connectivity index (χ2v) is 6.58. The van der Waals surface area contributed by atoms with E-state index in [0.717, 1.165) is 0 Å². The number of carbonyl (C=O) groups is 1. The Morgan fingerprint density at radius 2 is 1.90 bits per heavy atom. The molecule has 0 amide bonds. The number of benzene rings is 1. The summed E-state index contributed by atoms with van der Waals surface area (Å²) in [7, 11) is -2.39. The van der Waals surface area contributed by atoms with E-state index in [9.17, 15) is 18.3 Å². The molecule has 1 N–H and O–H groups in total. The van der Waals surface area contributed by atoms with Gasteiger partial charge >= 0.3 is 5.97 Å². The fourth-order valence-electron chi connectivity index (χ4n) is 2.31. The van der Waals surface area contributed by atoms with Gasteiger partial charge in [0.2, 0.25) is 10.0 Å². The molecule has 1 aromatic carbocycles. The summed E-state index contributed by atoms with van der Waals surface area (Å²) < 4.78 is 30.8. The van der Waals surface area contributed by atoms with Crippen LogP contribution in [0.3, 0.4) is 0 Å². The van der Waals surface area contributed by atoms with Crippen LogP contribution < -0.4 is 0 Å². The second-order valence-electron chi connectivity index (χ2n) is 4.67. The van der Waals surface area contributed by atoms with Gasteiger partial charge in [-0.25, -0.2) is 8.42 Å². The number of aromatic hydroxyl groups is 1. The monoisotopic (exact) mass is 299 g/mol. The molecule has 0 spiro atoms. The average molecular weight is 299 g/mol. The second kappa shape index (κ2) is 5.80. The predicted molar refractivity (Wildman–Crippen MR) is 71.6 cm³/mol. The van der Waals surface area contributed by atoms with Crippen molar-refractivity contribution < 1.29 is 23.1 Å². The number of hydrogen-bond donors (Lipinski definition) is 1. The fourth-order valence-corrected chi connectivity index (χ4v) is 3.87. The Balaban J connectivity index is 2.14. The van der Waals surface area contributed by atoms with Crippen molar-refractivity contribution in [1.29, 1.82) is 0 Å². The molecular formula is C13H17NO5S. The number of sulfonamides is 1. The maximum Gasteiger partial charge on any atom is 0.308 e. The van der Waals surface area contributed by atoms with Crippen molar-refractivity contribution in [1.82, 2.24) is 4.31 Å². The Morgan fingerprint density at radius 1 is 1.30 bits per heavy atom. The Hall–Kier alpha value is -1.60. The van der Waals surface area contributed by atoms with Gasteiger partial charge < -0.3 is 9.84 Å². The van der Waals surface area contributed by atoms with Gasteiger partial charge in [0, 0.05) is 13.1 Å². The molecular weight excluding hydrogens is 282 g/mol. The lowest BCUT2D eigenvalue weighted by Crippen LogP contribution is -2.40. The van der Waals surface area contributed by atoms with E-state index in [2.05, 4.69) is 4.74 Å². The number of hydrogen-bond acceptors (Lipinski definition) is 5. The first-order valence-corrected chi connectivity index (χ1v) is 7.77. The highest BCUT2D eigenvalue weighted by Crippen LogP contribution is 2.28. The van der Waals surface area contributed by atoms with Crippen LogP contribution in [0.5, 0.6) is 5.75 Å². The van der Waals surface area contributed by atoms with Gasteiger partial charge in [-0.1, -0.05) is 12.1 Å². The van der Waals surface area contributed by atoms with Crippen LogP contribution in [-0.2, 0) is 19.6 Å². The molecule has 110 valence electrons. The lowest BCUT2D eigenvalue weighted by atomic mass is 9.99. The number of phenolic OH excluding ortho intramolecular Hbond substituents is 1. The normalized spacial score (nSPS) is 17.9. The molecule has 0 radical (unpaired) electrons. The number of methoxy groups -OCH3 is 1. The third-order valence-corrected chi connectivity index (χ3v) is 5.42. The smallest absolute Gasteiger partial charge is 0.308 e. The van der Waals surface area contributed by atoms with Crippen molar-refractivity contribution in [3.63, 3.8) is 0 Å². The lowest BCUT2D eigenvalue weighted by Gasteiger charge is -2.29. The van der Waals surface area contributed by atoms with Gasteiger partial charge in [-0.05, 0) is 25.0 Å². The van der Waals surface area contributed by atoms with Gasteiger partial charge in [0.15, 0.2) is 0 Å². The standard InChI is InChI=1S/C13H17NO5S/c1-19-13(16)10-6-8-14(9-7-10)20(17,18)12-5-3-2-4-11(12)15/h2-5,10,15H,6-9H2,1H3. The zero-order valence-corrected chi connectivity index (χ0v) is 12.0. The molecule has 0 aliphatic carbocycles. The number of carbonyl (C=O) groups excluding carboxylic acids is 1. The molecule has 1 heterocycles. The number of ether oxygens (including phenoxy) is 1. The van der Waals surface area contributed by atoms with Crippen molar-refractivity contribution in [3.05, 3.63) is 24.3 Å². The number of nitrogens with zero attached hydrogens (tertiary/aromatic N) is 1. The van der Waals surface area contributed by atoms with Crippen molar-refractivity contribution in [2.75, 3.05) is 20.2 Å². The Labute approximate surface area is 118 Å². The number of piperidine rings is 1. The largest absolute Gasteiger partial charge is 0.507 e. The third-order valence-electron chi connectivity index (χ3n) is 3.47. The van der Waals surface area contributed by atoms with Crippen LogP contribution in [-0.4, -0.2) is 44.0 Å². The van der Waals surface area contributed by atoms with Crippen LogP contribution in [0.1, 0.15) is 12.8 Å². The first kappa shape index (κ1) is 14.8. The first-order chi connectivity index (χ1) is 9.46. The number of para-hydroxylation sites is 1. The maximum atomic E-state index is 12.4. The third kappa shape index (κ3) is 2.78. The summed E-state index contributed by atoms with van der Waals surface area (Å²) in [5.74, 6) is -0.817. The van der Waals surface area contributed by atoms with Gasteiger partial charge in [0.05, 0.1) is 13.0 Å². The molecule has 1 fully saturated rings. The molecule has 0 saturated carbocycles. The molecule has 1 aliphatic heterocycles. The van der Waals surface area contributed by atoms with Gasteiger partial charge in [-0.15, -0.1) is 0 Å². The summed E-state index contributed by atoms with van der Waals surface area (Å²) in [6.45, 7) is 0.493. The minimum absolute atomic E-state index is 0.100. The molecule has 1 saturated heterocycles. The minimum atomic E-state index is -3.72. The fraction of sp³-hybridized carbons (Fsp3) is 0.462. The first-order valence-electron chi connectivity index (χ1n) is 6.33. The summed E-state index contributed by atoms with van der Waals surface area (Å²) in [5.41, 5.74) is 0. The highest BCUT2D eigenvalue weighted by atomic mass is 32.2. The van der Waals surface area contributed by atoms with Gasteiger partial charge in [-0.3, -0.25) is 4.79 Å². The van der Waals surface area contributed by atoms with Crippen LogP contribution in [0.2, 0.25) is 0 Å². The van der Waals surface area contributed by atoms with Gasteiger partial charge in [0.1, 0.15) is 10.6 Å². The van der Waals surface area contributed by atoms with E-state index in [1.165, 1.54) is 23.5 Å². The van der Waals surface area contributed by atoms with Gasteiger partial charge in [-0.2, -0.15) is 4.31 Å². The molecule has 0 bridgehead atoms. The summed E-state index contributed by atoms with van der Waals surface area (Å²) in [5, 5.41) is 9.68. The van der Waals surface area contributed by atoms with E-state index in [1.807, 2.05) is 0 Å². The SMILES string of the molecule is COC(=O)C1CCN(S(=O)(=O)c2ccccc2O)CC1. The van der Waals surface area contributed by atoms with Crippen molar-refractivity contribution in [2.24, 2.45) is 5.92 Å². The highest BCUT2D eigenvalue weighted by molar-refractivity contribution is 7.89. The van der Waals surface area contributed by atoms with Crippen LogP contribution in [0, 0.1) is 5.92 Å². The Bertz CT molecular complexity index is 591. The van der Waals surface area contributed by atoms with Crippen molar-refractivity contribution in [3.8, 4) is 5.75 Å². The van der Waals surface area contributed by atoms with Crippen molar-refractivity contribution >= 4 is 16.0 Å². The Morgan fingerprint density at radius 3 is 2.45 bits per heavy atom. The molecule has 1 aromatic rings. The maximum absolute atomic E-state index is 12.4. The summed E-state index contributed by atoms with van der Waals surface area (Å²) >= 11 is 0. The van der Waals surface area contributed by atoms with E-state index in [-0.39, 0.29) is 35.6 Å². The molecule has 1 aliphatic rings. The topological polar surface area (TPSA) is 83.9 Å². The van der Waals surface area contributed by atoms with E-state index in [0.29, 0.717) is 12.8 Å². The number of rotatable bonds is 3. The van der Waals surface area contributed by atoms with Crippen LogP contribution >= 0.6 is 0 Å². The molecule has 6 nitrogen and oxygen atoms in total.